The molecule has 0 aromatic heterocycles. The zero-order valence-electron chi connectivity index (χ0n) is 13.2. The third kappa shape index (κ3) is 4.08. The van der Waals surface area contributed by atoms with Crippen molar-refractivity contribution >= 4 is 15.7 Å². The van der Waals surface area contributed by atoms with Crippen molar-refractivity contribution in [1.29, 1.82) is 0 Å². The Bertz CT molecular complexity index is 605. The predicted molar refractivity (Wildman–Crippen MR) is 86.5 cm³/mol. The van der Waals surface area contributed by atoms with Crippen LogP contribution in [0.3, 0.4) is 0 Å². The van der Waals surface area contributed by atoms with Gasteiger partial charge in [0.05, 0.1) is 16.6 Å². The van der Waals surface area contributed by atoms with E-state index in [0.29, 0.717) is 18.0 Å². The number of sulfone groups is 1. The molecule has 0 spiro atoms. The Morgan fingerprint density at radius 2 is 2.00 bits per heavy atom. The van der Waals surface area contributed by atoms with E-state index in [-0.39, 0.29) is 24.1 Å². The molecule has 6 heteroatoms. The van der Waals surface area contributed by atoms with Gasteiger partial charge in [-0.1, -0.05) is 17.7 Å². The smallest absolute Gasteiger partial charge is 0.227 e. The highest BCUT2D eigenvalue weighted by molar-refractivity contribution is 7.91. The molecule has 0 saturated carbocycles. The molecule has 0 bridgehead atoms. The fraction of sp³-hybridized carbons (Fsp3) is 0.562. The molecule has 1 atom stereocenters. The Morgan fingerprint density at radius 3 is 2.55 bits per heavy atom. The van der Waals surface area contributed by atoms with Crippen molar-refractivity contribution in [2.24, 2.45) is 5.92 Å². The first-order valence-electron chi connectivity index (χ1n) is 7.73. The molecular formula is C16H24N2O3S. The van der Waals surface area contributed by atoms with Gasteiger partial charge in [-0.25, -0.2) is 8.42 Å². The summed E-state index contributed by atoms with van der Waals surface area (Å²) in [7, 11) is -3.35. The van der Waals surface area contributed by atoms with E-state index in [1.807, 2.05) is 13.8 Å². The summed E-state index contributed by atoms with van der Waals surface area (Å²) in [5.41, 5.74) is 1.03. The molecule has 22 heavy (non-hydrogen) atoms. The van der Waals surface area contributed by atoms with Crippen LogP contribution in [-0.4, -0.2) is 51.2 Å². The van der Waals surface area contributed by atoms with Gasteiger partial charge in [0.15, 0.2) is 9.84 Å². The standard InChI is InChI=1S/C16H24N2O3S/c1-3-18(16(19)14-8-9-17-12-14)10-11-22(20,21)15-6-4-13(2)5-7-15/h4-7,14,17H,3,8-12H2,1-2H3/t14-/m1/s1. The monoisotopic (exact) mass is 324 g/mol. The van der Waals surface area contributed by atoms with Crippen LogP contribution in [-0.2, 0) is 14.6 Å². The van der Waals surface area contributed by atoms with Gasteiger partial charge in [0.1, 0.15) is 0 Å². The first kappa shape index (κ1) is 17.0. The zero-order valence-corrected chi connectivity index (χ0v) is 14.0. The van der Waals surface area contributed by atoms with Crippen LogP contribution in [0.2, 0.25) is 0 Å². The third-order valence-electron chi connectivity index (χ3n) is 4.11. The van der Waals surface area contributed by atoms with Crippen LogP contribution in [0.5, 0.6) is 0 Å². The molecule has 1 fully saturated rings. The lowest BCUT2D eigenvalue weighted by Gasteiger charge is -2.23. The first-order chi connectivity index (χ1) is 10.4. The molecule has 1 N–H and O–H groups in total. The summed E-state index contributed by atoms with van der Waals surface area (Å²) in [5.74, 6) is 0.0177. The second-order valence-corrected chi connectivity index (χ2v) is 7.85. The van der Waals surface area contributed by atoms with Gasteiger partial charge in [0.25, 0.3) is 0 Å². The number of nitrogens with one attached hydrogen (secondary N) is 1. The number of aryl methyl sites for hydroxylation is 1. The maximum absolute atomic E-state index is 12.4. The van der Waals surface area contributed by atoms with Gasteiger partial charge in [0, 0.05) is 19.6 Å². The van der Waals surface area contributed by atoms with Crippen LogP contribution in [0, 0.1) is 12.8 Å². The molecule has 5 nitrogen and oxygen atoms in total. The fourth-order valence-electron chi connectivity index (χ4n) is 2.64. The van der Waals surface area contributed by atoms with E-state index in [1.165, 1.54) is 0 Å². The first-order valence-corrected chi connectivity index (χ1v) is 9.38. The lowest BCUT2D eigenvalue weighted by molar-refractivity contribution is -0.134. The molecule has 1 saturated heterocycles. The SMILES string of the molecule is CCN(CCS(=O)(=O)c1ccc(C)cc1)C(=O)[C@@H]1CCNC1. The lowest BCUT2D eigenvalue weighted by atomic mass is 10.1. The largest absolute Gasteiger partial charge is 0.342 e. The van der Waals surface area contributed by atoms with E-state index in [0.717, 1.165) is 18.5 Å². The number of rotatable bonds is 6. The molecule has 0 radical (unpaired) electrons. The Labute approximate surface area is 132 Å². The van der Waals surface area contributed by atoms with Crippen molar-refractivity contribution in [3.63, 3.8) is 0 Å². The van der Waals surface area contributed by atoms with Crippen molar-refractivity contribution in [3.05, 3.63) is 29.8 Å². The van der Waals surface area contributed by atoms with Crippen molar-refractivity contribution in [3.8, 4) is 0 Å². The number of benzene rings is 1. The summed E-state index contributed by atoms with van der Waals surface area (Å²) in [6.45, 7) is 6.15. The number of hydrogen-bond donors (Lipinski definition) is 1. The minimum absolute atomic E-state index is 0.0120. The van der Waals surface area contributed by atoms with Crippen LogP contribution in [0.25, 0.3) is 0 Å². The van der Waals surface area contributed by atoms with Crippen LogP contribution in [0.4, 0.5) is 0 Å². The normalized spacial score (nSPS) is 18.4. The number of amides is 1. The quantitative estimate of drug-likeness (QED) is 0.854. The summed E-state index contributed by atoms with van der Waals surface area (Å²) in [4.78, 5) is 14.3. The van der Waals surface area contributed by atoms with Crippen LogP contribution >= 0.6 is 0 Å². The molecule has 0 unspecified atom stereocenters. The highest BCUT2D eigenvalue weighted by atomic mass is 32.2. The fourth-order valence-corrected chi connectivity index (χ4v) is 3.89. The molecule has 1 aliphatic heterocycles. The Kier molecular flexibility index (Phi) is 5.58. The van der Waals surface area contributed by atoms with Crippen LogP contribution in [0.1, 0.15) is 18.9 Å². The van der Waals surface area contributed by atoms with Gasteiger partial charge < -0.3 is 10.2 Å². The van der Waals surface area contributed by atoms with E-state index in [4.69, 9.17) is 0 Å². The third-order valence-corrected chi connectivity index (χ3v) is 5.82. The van der Waals surface area contributed by atoms with Gasteiger partial charge in [-0.05, 0) is 38.9 Å². The van der Waals surface area contributed by atoms with Crippen LogP contribution < -0.4 is 5.32 Å². The highest BCUT2D eigenvalue weighted by Crippen LogP contribution is 2.15. The average Bonchev–Trinajstić information content (AvgIpc) is 3.02. The Hall–Kier alpha value is -1.40. The molecule has 1 aromatic rings. The summed E-state index contributed by atoms with van der Waals surface area (Å²) in [6.07, 6.45) is 0.833. The Morgan fingerprint density at radius 1 is 1.32 bits per heavy atom. The van der Waals surface area contributed by atoms with Crippen molar-refractivity contribution in [1.82, 2.24) is 10.2 Å². The van der Waals surface area contributed by atoms with Crippen molar-refractivity contribution in [2.45, 2.75) is 25.2 Å². The summed E-state index contributed by atoms with van der Waals surface area (Å²) in [6, 6.07) is 6.84. The van der Waals surface area contributed by atoms with Gasteiger partial charge >= 0.3 is 0 Å². The number of hydrogen-bond acceptors (Lipinski definition) is 4. The summed E-state index contributed by atoms with van der Waals surface area (Å²) < 4.78 is 24.7. The minimum Gasteiger partial charge on any atom is -0.342 e. The molecule has 1 amide bonds. The molecule has 0 aliphatic carbocycles. The maximum Gasteiger partial charge on any atom is 0.227 e. The summed E-state index contributed by atoms with van der Waals surface area (Å²) >= 11 is 0. The van der Waals surface area contributed by atoms with Gasteiger partial charge in [-0.15, -0.1) is 0 Å². The maximum atomic E-state index is 12.4. The van der Waals surface area contributed by atoms with Gasteiger partial charge in [0.2, 0.25) is 5.91 Å². The Balaban J connectivity index is 1.99. The van der Waals surface area contributed by atoms with Gasteiger partial charge in [-0.3, -0.25) is 4.79 Å². The van der Waals surface area contributed by atoms with Crippen molar-refractivity contribution < 1.29 is 13.2 Å². The molecule has 1 heterocycles. The molecule has 2 rings (SSSR count). The van der Waals surface area contributed by atoms with E-state index in [9.17, 15) is 13.2 Å². The lowest BCUT2D eigenvalue weighted by Crippen LogP contribution is -2.39. The summed E-state index contributed by atoms with van der Waals surface area (Å²) in [5, 5.41) is 3.17. The number of carbonyl (C=O) groups excluding carboxylic acids is 1. The molecular weight excluding hydrogens is 300 g/mol. The second kappa shape index (κ2) is 7.24. The van der Waals surface area contributed by atoms with Crippen molar-refractivity contribution in [2.75, 3.05) is 31.9 Å². The second-order valence-electron chi connectivity index (χ2n) is 5.74. The number of nitrogens with zero attached hydrogens (tertiary/aromatic N) is 1. The minimum atomic E-state index is -3.35. The van der Waals surface area contributed by atoms with E-state index in [1.54, 1.807) is 29.2 Å². The topological polar surface area (TPSA) is 66.5 Å². The van der Waals surface area contributed by atoms with E-state index >= 15 is 0 Å². The average molecular weight is 324 g/mol. The zero-order chi connectivity index (χ0) is 16.2. The van der Waals surface area contributed by atoms with Crippen LogP contribution in [0.15, 0.2) is 29.2 Å². The molecule has 122 valence electrons. The predicted octanol–water partition coefficient (Wildman–Crippen LogP) is 1.23. The number of carbonyl (C=O) groups is 1. The van der Waals surface area contributed by atoms with E-state index in [2.05, 4.69) is 5.32 Å². The van der Waals surface area contributed by atoms with E-state index < -0.39 is 9.84 Å². The van der Waals surface area contributed by atoms with Gasteiger partial charge in [-0.2, -0.15) is 0 Å². The molecule has 1 aromatic carbocycles. The highest BCUT2D eigenvalue weighted by Gasteiger charge is 2.27. The molecule has 1 aliphatic rings.